The molecule has 1 aliphatic heterocycles. The van der Waals surface area contributed by atoms with Gasteiger partial charge in [-0.15, -0.1) is 12.4 Å². The molecule has 0 spiro atoms. The smallest absolute Gasteiger partial charge is 0.0798 e. The molecule has 1 aromatic rings. The van der Waals surface area contributed by atoms with Crippen LogP contribution in [0.25, 0.3) is 0 Å². The van der Waals surface area contributed by atoms with Gasteiger partial charge in [-0.2, -0.15) is 5.10 Å². The molecule has 1 saturated carbocycles. The molecule has 0 saturated heterocycles. The van der Waals surface area contributed by atoms with E-state index in [4.69, 9.17) is 4.74 Å². The third-order valence-corrected chi connectivity index (χ3v) is 3.50. The molecule has 1 fully saturated rings. The maximum absolute atomic E-state index is 5.26. The molecule has 2 heterocycles. The highest BCUT2D eigenvalue weighted by molar-refractivity contribution is 5.85. The van der Waals surface area contributed by atoms with Gasteiger partial charge in [0.1, 0.15) is 0 Å². The average Bonchev–Trinajstić information content (AvgIpc) is 2.96. The van der Waals surface area contributed by atoms with E-state index in [0.29, 0.717) is 5.92 Å². The van der Waals surface area contributed by atoms with Gasteiger partial charge in [0.15, 0.2) is 0 Å². The number of hydrogen-bond acceptors (Lipinski definition) is 3. The first-order chi connectivity index (χ1) is 7.86. The number of ether oxygens (including phenoxy) is 1. The second kappa shape index (κ2) is 5.38. The molecular weight excluding hydrogens is 238 g/mol. The first kappa shape index (κ1) is 12.9. The van der Waals surface area contributed by atoms with Gasteiger partial charge in [-0.3, -0.25) is 4.68 Å². The lowest BCUT2D eigenvalue weighted by atomic mass is 9.97. The van der Waals surface area contributed by atoms with Gasteiger partial charge in [-0.1, -0.05) is 0 Å². The lowest BCUT2D eigenvalue weighted by Gasteiger charge is -2.21. The van der Waals surface area contributed by atoms with Crippen LogP contribution in [0, 0.1) is 5.92 Å². The zero-order valence-corrected chi connectivity index (χ0v) is 11.0. The number of rotatable bonds is 4. The van der Waals surface area contributed by atoms with Gasteiger partial charge in [-0.25, -0.2) is 0 Å². The van der Waals surface area contributed by atoms with E-state index in [1.54, 1.807) is 7.11 Å². The summed E-state index contributed by atoms with van der Waals surface area (Å²) in [6.07, 6.45) is 4.99. The minimum Gasteiger partial charge on any atom is -0.384 e. The molecule has 96 valence electrons. The fraction of sp³-hybridized carbons (Fsp3) is 0.750. The van der Waals surface area contributed by atoms with Crippen LogP contribution >= 0.6 is 12.4 Å². The number of hydrogen-bond donors (Lipinski definition) is 1. The Balaban J connectivity index is 0.00000108. The molecule has 2 aliphatic rings. The summed E-state index contributed by atoms with van der Waals surface area (Å²) in [6, 6.07) is 0. The largest absolute Gasteiger partial charge is 0.384 e. The van der Waals surface area contributed by atoms with E-state index < -0.39 is 0 Å². The number of fused-ring (bicyclic) bond motifs is 1. The SMILES string of the molecule is COCC1CNCc2nn(CC3CC3)cc21.Cl. The highest BCUT2D eigenvalue weighted by Gasteiger charge is 2.26. The zero-order chi connectivity index (χ0) is 11.0. The van der Waals surface area contributed by atoms with E-state index in [0.717, 1.165) is 32.2 Å². The molecule has 0 bridgehead atoms. The van der Waals surface area contributed by atoms with Gasteiger partial charge in [0.2, 0.25) is 0 Å². The Hall–Kier alpha value is -0.580. The summed E-state index contributed by atoms with van der Waals surface area (Å²) >= 11 is 0. The summed E-state index contributed by atoms with van der Waals surface area (Å²) in [5.41, 5.74) is 2.61. The quantitative estimate of drug-likeness (QED) is 0.890. The standard InChI is InChI=1S/C12H19N3O.ClH/c1-16-8-10-4-13-5-12-11(10)7-15(14-12)6-9-2-3-9;/h7,9-10,13H,2-6,8H2,1H3;1H. The van der Waals surface area contributed by atoms with E-state index >= 15 is 0 Å². The number of nitrogens with zero attached hydrogens (tertiary/aromatic N) is 2. The van der Waals surface area contributed by atoms with Crippen LogP contribution in [0.4, 0.5) is 0 Å². The Kier molecular flexibility index (Phi) is 4.07. The Morgan fingerprint density at radius 2 is 2.35 bits per heavy atom. The number of methoxy groups -OCH3 is 1. The number of halogens is 1. The van der Waals surface area contributed by atoms with Gasteiger partial charge in [-0.05, 0) is 18.8 Å². The molecule has 17 heavy (non-hydrogen) atoms. The van der Waals surface area contributed by atoms with Gasteiger partial charge in [0.25, 0.3) is 0 Å². The monoisotopic (exact) mass is 257 g/mol. The van der Waals surface area contributed by atoms with Gasteiger partial charge in [0.05, 0.1) is 12.3 Å². The van der Waals surface area contributed by atoms with Crippen molar-refractivity contribution in [2.75, 3.05) is 20.3 Å². The first-order valence-electron chi connectivity index (χ1n) is 6.12. The second-order valence-electron chi connectivity index (χ2n) is 4.98. The van der Waals surface area contributed by atoms with Gasteiger partial charge < -0.3 is 10.1 Å². The van der Waals surface area contributed by atoms with Crippen LogP contribution in [-0.4, -0.2) is 30.0 Å². The van der Waals surface area contributed by atoms with Crippen LogP contribution in [-0.2, 0) is 17.8 Å². The van der Waals surface area contributed by atoms with Gasteiger partial charge in [0, 0.05) is 44.4 Å². The van der Waals surface area contributed by atoms with E-state index in [9.17, 15) is 0 Å². The number of nitrogens with one attached hydrogen (secondary N) is 1. The van der Waals surface area contributed by atoms with Crippen molar-refractivity contribution >= 4 is 12.4 Å². The molecule has 5 heteroatoms. The van der Waals surface area contributed by atoms with Crippen LogP contribution in [0.1, 0.15) is 30.0 Å². The minimum absolute atomic E-state index is 0. The molecule has 1 N–H and O–H groups in total. The topological polar surface area (TPSA) is 39.1 Å². The Bertz CT molecular complexity index is 376. The van der Waals surface area contributed by atoms with Crippen LogP contribution in [0.5, 0.6) is 0 Å². The van der Waals surface area contributed by atoms with E-state index in [-0.39, 0.29) is 12.4 Å². The minimum atomic E-state index is 0. The zero-order valence-electron chi connectivity index (χ0n) is 10.2. The van der Waals surface area contributed by atoms with Crippen molar-refractivity contribution in [2.45, 2.75) is 31.8 Å². The first-order valence-corrected chi connectivity index (χ1v) is 6.12. The summed E-state index contributed by atoms with van der Waals surface area (Å²) in [4.78, 5) is 0. The predicted octanol–water partition coefficient (Wildman–Crippen LogP) is 1.55. The van der Waals surface area contributed by atoms with Crippen molar-refractivity contribution in [1.29, 1.82) is 0 Å². The molecule has 1 aromatic heterocycles. The van der Waals surface area contributed by atoms with Crippen LogP contribution in [0.15, 0.2) is 6.20 Å². The molecular formula is C12H20ClN3O. The van der Waals surface area contributed by atoms with Crippen LogP contribution in [0.2, 0.25) is 0 Å². The summed E-state index contributed by atoms with van der Waals surface area (Å²) < 4.78 is 7.40. The molecule has 0 aromatic carbocycles. The highest BCUT2D eigenvalue weighted by atomic mass is 35.5. The Morgan fingerprint density at radius 1 is 1.53 bits per heavy atom. The lowest BCUT2D eigenvalue weighted by molar-refractivity contribution is 0.175. The molecule has 3 rings (SSSR count). The molecule has 0 radical (unpaired) electrons. The van der Waals surface area contributed by atoms with Crippen molar-refractivity contribution in [1.82, 2.24) is 15.1 Å². The maximum atomic E-state index is 5.26. The normalized spacial score (nSPS) is 23.0. The fourth-order valence-electron chi connectivity index (χ4n) is 2.44. The van der Waals surface area contributed by atoms with Crippen molar-refractivity contribution < 1.29 is 4.74 Å². The maximum Gasteiger partial charge on any atom is 0.0798 e. The number of aromatic nitrogens is 2. The summed E-state index contributed by atoms with van der Waals surface area (Å²) in [6.45, 7) is 3.81. The third kappa shape index (κ3) is 2.81. The van der Waals surface area contributed by atoms with Crippen molar-refractivity contribution in [3.8, 4) is 0 Å². The predicted molar refractivity (Wildman–Crippen MR) is 68.5 cm³/mol. The van der Waals surface area contributed by atoms with Crippen molar-refractivity contribution in [3.63, 3.8) is 0 Å². The van der Waals surface area contributed by atoms with Crippen molar-refractivity contribution in [3.05, 3.63) is 17.5 Å². The highest BCUT2D eigenvalue weighted by Crippen LogP contribution is 2.31. The van der Waals surface area contributed by atoms with E-state index in [1.165, 1.54) is 24.1 Å². The molecule has 1 atom stereocenters. The second-order valence-corrected chi connectivity index (χ2v) is 4.98. The average molecular weight is 258 g/mol. The Labute approximate surface area is 108 Å². The summed E-state index contributed by atoms with van der Waals surface area (Å²) in [7, 11) is 1.77. The summed E-state index contributed by atoms with van der Waals surface area (Å²) in [5.74, 6) is 1.36. The van der Waals surface area contributed by atoms with Crippen LogP contribution < -0.4 is 5.32 Å². The Morgan fingerprint density at radius 3 is 3.06 bits per heavy atom. The molecule has 4 nitrogen and oxygen atoms in total. The fourth-order valence-corrected chi connectivity index (χ4v) is 2.44. The molecule has 1 aliphatic carbocycles. The van der Waals surface area contributed by atoms with Crippen LogP contribution in [0.3, 0.4) is 0 Å². The van der Waals surface area contributed by atoms with E-state index in [1.807, 2.05) is 0 Å². The lowest BCUT2D eigenvalue weighted by Crippen LogP contribution is -2.29. The third-order valence-electron chi connectivity index (χ3n) is 3.50. The summed E-state index contributed by atoms with van der Waals surface area (Å²) in [5, 5.41) is 8.06. The van der Waals surface area contributed by atoms with Gasteiger partial charge >= 0.3 is 0 Å². The molecule has 0 amide bonds. The van der Waals surface area contributed by atoms with Crippen molar-refractivity contribution in [2.24, 2.45) is 5.92 Å². The molecule has 1 unspecified atom stereocenters. The van der Waals surface area contributed by atoms with E-state index in [2.05, 4.69) is 21.3 Å².